The molecule has 3 rings (SSSR count). The van der Waals surface area contributed by atoms with Crippen LogP contribution in [0, 0.1) is 23.2 Å². The van der Waals surface area contributed by atoms with Crippen LogP contribution in [0.25, 0.3) is 0 Å². The number of ether oxygens (including phenoxy) is 1. The Morgan fingerprint density at radius 3 is 2.55 bits per heavy atom. The van der Waals surface area contributed by atoms with Crippen LogP contribution < -0.4 is 5.32 Å². The Bertz CT molecular complexity index is 268. The first-order valence-corrected chi connectivity index (χ1v) is 8.38. The van der Waals surface area contributed by atoms with Crippen LogP contribution in [-0.4, -0.2) is 26.8 Å². The van der Waals surface area contributed by atoms with Crippen molar-refractivity contribution >= 4 is 12.4 Å². The van der Waals surface area contributed by atoms with E-state index in [1.165, 1.54) is 44.9 Å². The predicted molar refractivity (Wildman–Crippen MR) is 88.6 cm³/mol. The first kappa shape index (κ1) is 18.3. The van der Waals surface area contributed by atoms with Crippen LogP contribution in [-0.2, 0) is 4.74 Å². The van der Waals surface area contributed by atoms with E-state index in [1.807, 2.05) is 7.05 Å². The highest BCUT2D eigenvalue weighted by atomic mass is 35.5. The predicted octanol–water partition coefficient (Wildman–Crippen LogP) is 4.28. The van der Waals surface area contributed by atoms with Gasteiger partial charge in [0.15, 0.2) is 0 Å². The van der Waals surface area contributed by atoms with Gasteiger partial charge in [0.1, 0.15) is 0 Å². The van der Waals surface area contributed by atoms with Gasteiger partial charge >= 0.3 is 0 Å². The lowest BCUT2D eigenvalue weighted by molar-refractivity contribution is -0.111. The van der Waals surface area contributed by atoms with Crippen molar-refractivity contribution in [2.24, 2.45) is 23.2 Å². The summed E-state index contributed by atoms with van der Waals surface area (Å²) in [5.74, 6) is 2.97. The van der Waals surface area contributed by atoms with Crippen molar-refractivity contribution < 1.29 is 4.74 Å². The summed E-state index contributed by atoms with van der Waals surface area (Å²) < 4.78 is 5.83. The highest BCUT2D eigenvalue weighted by molar-refractivity contribution is 5.85. The molecule has 0 aliphatic heterocycles. The second-order valence-corrected chi connectivity index (χ2v) is 7.26. The Balaban J connectivity index is 0.00000200. The van der Waals surface area contributed by atoms with E-state index in [0.717, 1.165) is 37.5 Å². The molecule has 0 aromatic heterocycles. The highest BCUT2D eigenvalue weighted by Gasteiger charge is 2.53. The van der Waals surface area contributed by atoms with Crippen LogP contribution in [0.5, 0.6) is 0 Å². The van der Waals surface area contributed by atoms with Crippen molar-refractivity contribution in [1.82, 2.24) is 5.32 Å². The second-order valence-electron chi connectivity index (χ2n) is 7.26. The van der Waals surface area contributed by atoms with Crippen LogP contribution in [0.2, 0.25) is 0 Å². The summed E-state index contributed by atoms with van der Waals surface area (Å²) in [6.45, 7) is 8.07. The molecule has 3 heteroatoms. The number of hydrogen-bond donors (Lipinski definition) is 1. The molecular weight excluding hydrogens is 270 g/mol. The molecule has 0 saturated heterocycles. The summed E-state index contributed by atoms with van der Waals surface area (Å²) in [6, 6.07) is 0. The number of halogens is 1. The van der Waals surface area contributed by atoms with Crippen LogP contribution in [0.15, 0.2) is 0 Å². The third-order valence-corrected chi connectivity index (χ3v) is 5.85. The molecule has 0 amide bonds. The first-order valence-electron chi connectivity index (χ1n) is 8.38. The minimum absolute atomic E-state index is 0. The molecule has 0 spiro atoms. The van der Waals surface area contributed by atoms with Gasteiger partial charge in [0, 0.05) is 13.2 Å². The Morgan fingerprint density at radius 1 is 1.10 bits per heavy atom. The maximum atomic E-state index is 5.83. The van der Waals surface area contributed by atoms with E-state index in [4.69, 9.17) is 4.74 Å². The Kier molecular flexibility index (Phi) is 7.86. The third-order valence-electron chi connectivity index (χ3n) is 5.85. The maximum Gasteiger partial charge on any atom is 0.0468 e. The molecule has 0 radical (unpaired) electrons. The fourth-order valence-corrected chi connectivity index (χ4v) is 4.33. The lowest BCUT2D eigenvalue weighted by Gasteiger charge is -2.60. The van der Waals surface area contributed by atoms with Crippen molar-refractivity contribution in [2.75, 3.05) is 26.8 Å². The molecule has 3 aliphatic carbocycles. The van der Waals surface area contributed by atoms with Gasteiger partial charge < -0.3 is 10.1 Å². The average Bonchev–Trinajstić information content (AvgIpc) is 2.41. The molecule has 0 aromatic carbocycles. The zero-order chi connectivity index (χ0) is 13.7. The number of fused-ring (bicyclic) bond motifs is 2. The Labute approximate surface area is 131 Å². The zero-order valence-electron chi connectivity index (χ0n) is 13.6. The van der Waals surface area contributed by atoms with Gasteiger partial charge in [-0.15, -0.1) is 12.4 Å². The van der Waals surface area contributed by atoms with Crippen molar-refractivity contribution in [1.29, 1.82) is 0 Å². The molecular formula is C17H34ClNO. The van der Waals surface area contributed by atoms with E-state index in [-0.39, 0.29) is 12.4 Å². The van der Waals surface area contributed by atoms with E-state index >= 15 is 0 Å². The molecule has 120 valence electrons. The van der Waals surface area contributed by atoms with Gasteiger partial charge in [-0.3, -0.25) is 0 Å². The van der Waals surface area contributed by atoms with Crippen LogP contribution in [0.3, 0.4) is 0 Å². The standard InChI is InChI=1S/C17H33NO.ClH/c1-17(2)15-8-7-14(16(17)13-15)9-12-19-11-6-4-5-10-18-3;/h14-16,18H,4-13H2,1-3H3;1H/t14-,15-,16-;/m0./s1. The Morgan fingerprint density at radius 2 is 1.90 bits per heavy atom. The van der Waals surface area contributed by atoms with Crippen LogP contribution >= 0.6 is 12.4 Å². The minimum Gasteiger partial charge on any atom is -0.381 e. The molecule has 2 bridgehead atoms. The molecule has 3 atom stereocenters. The molecule has 3 aliphatic rings. The van der Waals surface area contributed by atoms with Crippen molar-refractivity contribution in [3.05, 3.63) is 0 Å². The lowest BCUT2D eigenvalue weighted by atomic mass is 9.45. The van der Waals surface area contributed by atoms with Gasteiger partial charge in [0.2, 0.25) is 0 Å². The van der Waals surface area contributed by atoms with Crippen LogP contribution in [0.4, 0.5) is 0 Å². The van der Waals surface area contributed by atoms with Crippen molar-refractivity contribution in [3.8, 4) is 0 Å². The highest BCUT2D eigenvalue weighted by Crippen LogP contribution is 2.61. The van der Waals surface area contributed by atoms with E-state index in [0.29, 0.717) is 5.41 Å². The third kappa shape index (κ3) is 4.35. The molecule has 20 heavy (non-hydrogen) atoms. The van der Waals surface area contributed by atoms with Crippen molar-refractivity contribution in [2.45, 2.75) is 58.8 Å². The number of hydrogen-bond acceptors (Lipinski definition) is 2. The van der Waals surface area contributed by atoms with Gasteiger partial charge in [-0.05, 0) is 81.7 Å². The van der Waals surface area contributed by atoms with Gasteiger partial charge in [0.25, 0.3) is 0 Å². The van der Waals surface area contributed by atoms with E-state index < -0.39 is 0 Å². The largest absolute Gasteiger partial charge is 0.381 e. The van der Waals surface area contributed by atoms with E-state index in [1.54, 1.807) is 0 Å². The summed E-state index contributed by atoms with van der Waals surface area (Å²) in [5.41, 5.74) is 0.635. The zero-order valence-corrected chi connectivity index (χ0v) is 14.4. The minimum atomic E-state index is 0. The maximum absolute atomic E-state index is 5.83. The summed E-state index contributed by atoms with van der Waals surface area (Å²) >= 11 is 0. The molecule has 0 unspecified atom stereocenters. The fourth-order valence-electron chi connectivity index (χ4n) is 4.33. The van der Waals surface area contributed by atoms with Gasteiger partial charge in [0.05, 0.1) is 0 Å². The monoisotopic (exact) mass is 303 g/mol. The fraction of sp³-hybridized carbons (Fsp3) is 1.00. The average molecular weight is 304 g/mol. The van der Waals surface area contributed by atoms with E-state index in [2.05, 4.69) is 19.2 Å². The molecule has 1 N–H and O–H groups in total. The van der Waals surface area contributed by atoms with Crippen molar-refractivity contribution in [3.63, 3.8) is 0 Å². The number of unbranched alkanes of at least 4 members (excludes halogenated alkanes) is 2. The molecule has 2 nitrogen and oxygen atoms in total. The first-order chi connectivity index (χ1) is 9.16. The second kappa shape index (κ2) is 8.60. The van der Waals surface area contributed by atoms with Gasteiger partial charge in [-0.25, -0.2) is 0 Å². The molecule has 3 fully saturated rings. The van der Waals surface area contributed by atoms with Crippen LogP contribution in [0.1, 0.15) is 58.8 Å². The quantitative estimate of drug-likeness (QED) is 0.642. The van der Waals surface area contributed by atoms with Gasteiger partial charge in [-0.2, -0.15) is 0 Å². The Hall–Kier alpha value is 0.210. The normalized spacial score (nSPS) is 30.4. The molecule has 0 heterocycles. The summed E-state index contributed by atoms with van der Waals surface area (Å²) in [5, 5.41) is 3.19. The summed E-state index contributed by atoms with van der Waals surface area (Å²) in [7, 11) is 2.02. The molecule has 0 aromatic rings. The lowest BCUT2D eigenvalue weighted by Crippen LogP contribution is -2.52. The smallest absolute Gasteiger partial charge is 0.0468 e. The summed E-state index contributed by atoms with van der Waals surface area (Å²) in [4.78, 5) is 0. The number of rotatable bonds is 9. The SMILES string of the molecule is CNCCCCCOCC[C@@H]1CC[C@H]2C[C@@H]1C2(C)C.Cl. The molecule has 3 saturated carbocycles. The van der Waals surface area contributed by atoms with Gasteiger partial charge in [-0.1, -0.05) is 13.8 Å². The number of nitrogens with one attached hydrogen (secondary N) is 1. The topological polar surface area (TPSA) is 21.3 Å². The summed E-state index contributed by atoms with van der Waals surface area (Å²) in [6.07, 6.45) is 9.53. The van der Waals surface area contributed by atoms with E-state index in [9.17, 15) is 0 Å².